The van der Waals surface area contributed by atoms with Crippen molar-refractivity contribution in [2.24, 2.45) is 9.98 Å². The van der Waals surface area contributed by atoms with Crippen molar-refractivity contribution in [3.05, 3.63) is 202 Å². The van der Waals surface area contributed by atoms with E-state index in [1.165, 1.54) is 61.2 Å². The zero-order valence-electron chi connectivity index (χ0n) is 34.2. The number of allylic oxidation sites excluding steroid dienone is 4. The second kappa shape index (κ2) is 15.8. The Bertz CT molecular complexity index is 2810. The first-order valence-electron chi connectivity index (χ1n) is 20.5. The van der Waals surface area contributed by atoms with Gasteiger partial charge in [-0.1, -0.05) is 171 Å². The van der Waals surface area contributed by atoms with E-state index in [-0.39, 0.29) is 5.41 Å². The Labute approximate surface area is 347 Å². The number of hydrogen-bond donors (Lipinski definition) is 0. The number of aryl methyl sites for hydroxylation is 1. The summed E-state index contributed by atoms with van der Waals surface area (Å²) in [5.41, 5.74) is 17.8. The van der Waals surface area contributed by atoms with Crippen molar-refractivity contribution in [1.82, 2.24) is 15.0 Å². The molecular formula is C54H47N5. The molecule has 288 valence electrons. The second-order valence-electron chi connectivity index (χ2n) is 16.2. The molecular weight excluding hydrogens is 719 g/mol. The van der Waals surface area contributed by atoms with Crippen LogP contribution in [0.4, 0.5) is 0 Å². The predicted octanol–water partition coefficient (Wildman–Crippen LogP) is 12.8. The number of benzene rings is 6. The van der Waals surface area contributed by atoms with Gasteiger partial charge in [-0.05, 0) is 95.5 Å². The average Bonchev–Trinajstić information content (AvgIpc) is 3.27. The highest BCUT2D eigenvalue weighted by molar-refractivity contribution is 6.01. The summed E-state index contributed by atoms with van der Waals surface area (Å²) in [4.78, 5) is 24.2. The zero-order valence-corrected chi connectivity index (χ0v) is 34.2. The summed E-state index contributed by atoms with van der Waals surface area (Å²) in [5, 5.41) is 0. The molecule has 5 nitrogen and oxygen atoms in total. The molecule has 9 rings (SSSR count). The summed E-state index contributed by atoms with van der Waals surface area (Å²) < 4.78 is 0. The summed E-state index contributed by atoms with van der Waals surface area (Å²) >= 11 is 0. The lowest BCUT2D eigenvalue weighted by atomic mass is 9.66. The molecule has 0 radical (unpaired) electrons. The molecule has 0 unspecified atom stereocenters. The molecule has 1 heterocycles. The van der Waals surface area contributed by atoms with Crippen LogP contribution in [0.15, 0.2) is 167 Å². The number of hydrogen-bond acceptors (Lipinski definition) is 4. The molecule has 0 atom stereocenters. The van der Waals surface area contributed by atoms with Crippen molar-refractivity contribution in [3.8, 4) is 45.0 Å². The second-order valence-corrected chi connectivity index (χ2v) is 16.2. The van der Waals surface area contributed by atoms with E-state index in [9.17, 15) is 0 Å². The highest BCUT2D eigenvalue weighted by Crippen LogP contribution is 2.47. The van der Waals surface area contributed by atoms with Crippen LogP contribution >= 0.6 is 0 Å². The van der Waals surface area contributed by atoms with Crippen LogP contribution in [-0.2, 0) is 18.4 Å². The zero-order chi connectivity index (χ0) is 40.5. The maximum absolute atomic E-state index is 5.06. The van der Waals surface area contributed by atoms with E-state index in [0.717, 1.165) is 47.4 Å². The molecule has 5 heteroatoms. The van der Waals surface area contributed by atoms with Crippen LogP contribution < -0.4 is 0 Å². The number of nitrogens with zero attached hydrogens (tertiary/aromatic N) is 5. The van der Waals surface area contributed by atoms with Crippen molar-refractivity contribution < 1.29 is 0 Å². The van der Waals surface area contributed by atoms with E-state index >= 15 is 0 Å². The number of amidine groups is 1. The first-order valence-corrected chi connectivity index (χ1v) is 20.5. The molecule has 0 spiro atoms. The molecule has 0 N–H and O–H groups in total. The summed E-state index contributed by atoms with van der Waals surface area (Å²) in [6.07, 6.45) is 7.26. The molecule has 0 bridgehead atoms. The van der Waals surface area contributed by atoms with Gasteiger partial charge in [-0.2, -0.15) is 0 Å². The molecule has 0 saturated heterocycles. The highest BCUT2D eigenvalue weighted by atomic mass is 15.0. The van der Waals surface area contributed by atoms with Gasteiger partial charge in [-0.25, -0.2) is 19.9 Å². The van der Waals surface area contributed by atoms with E-state index in [0.29, 0.717) is 24.0 Å². The first kappa shape index (κ1) is 37.7. The molecule has 2 aliphatic carbocycles. The molecule has 7 aromatic rings. The normalized spacial score (nSPS) is 14.5. The van der Waals surface area contributed by atoms with Gasteiger partial charge in [0.15, 0.2) is 23.3 Å². The van der Waals surface area contributed by atoms with Crippen LogP contribution in [0.1, 0.15) is 78.4 Å². The van der Waals surface area contributed by atoms with Crippen molar-refractivity contribution in [1.29, 1.82) is 0 Å². The lowest BCUT2D eigenvalue weighted by molar-refractivity contribution is 0.612. The van der Waals surface area contributed by atoms with E-state index in [1.807, 2.05) is 18.2 Å². The van der Waals surface area contributed by atoms with Crippen LogP contribution in [0.2, 0.25) is 0 Å². The Kier molecular flexibility index (Phi) is 10.1. The highest BCUT2D eigenvalue weighted by Gasteiger charge is 2.35. The third-order valence-electron chi connectivity index (χ3n) is 12.1. The summed E-state index contributed by atoms with van der Waals surface area (Å²) in [5.74, 6) is 2.73. The fraction of sp³-hybridized carbons (Fsp3) is 0.167. The third kappa shape index (κ3) is 7.29. The minimum atomic E-state index is -0.188. The van der Waals surface area contributed by atoms with Crippen LogP contribution in [0.5, 0.6) is 0 Å². The maximum atomic E-state index is 5.06. The number of aromatic nitrogens is 3. The number of fused-ring (bicyclic) bond motifs is 2. The Morgan fingerprint density at radius 2 is 1.17 bits per heavy atom. The SMILES string of the molecule is C=N/C(=N\Cc1ccccc1C)c1ccc(-c2cccc3c2Cc2c(-c4ccc(-c5nc(C6=C(C)CCC=C6)nc(-c6ccccc6)n5)cc4)cccc2C3(C)C)cc1. The van der Waals surface area contributed by atoms with Gasteiger partial charge in [-0.15, -0.1) is 0 Å². The van der Waals surface area contributed by atoms with Gasteiger partial charge >= 0.3 is 0 Å². The van der Waals surface area contributed by atoms with Crippen molar-refractivity contribution in [2.75, 3.05) is 0 Å². The molecule has 0 aliphatic heterocycles. The van der Waals surface area contributed by atoms with Crippen LogP contribution in [0.3, 0.4) is 0 Å². The van der Waals surface area contributed by atoms with E-state index < -0.39 is 0 Å². The smallest absolute Gasteiger partial charge is 0.164 e. The first-order chi connectivity index (χ1) is 28.8. The average molecular weight is 766 g/mol. The molecule has 0 fully saturated rings. The summed E-state index contributed by atoms with van der Waals surface area (Å²) in [7, 11) is 0. The number of rotatable bonds is 8. The van der Waals surface area contributed by atoms with Gasteiger partial charge in [0.2, 0.25) is 0 Å². The predicted molar refractivity (Wildman–Crippen MR) is 245 cm³/mol. The van der Waals surface area contributed by atoms with Gasteiger partial charge in [-0.3, -0.25) is 4.99 Å². The van der Waals surface area contributed by atoms with E-state index in [4.69, 9.17) is 19.9 Å². The Balaban J connectivity index is 1.05. The largest absolute Gasteiger partial charge is 0.261 e. The van der Waals surface area contributed by atoms with Gasteiger partial charge in [0.1, 0.15) is 0 Å². The molecule has 6 aromatic carbocycles. The fourth-order valence-electron chi connectivity index (χ4n) is 8.75. The van der Waals surface area contributed by atoms with Crippen molar-refractivity contribution in [3.63, 3.8) is 0 Å². The van der Waals surface area contributed by atoms with Gasteiger partial charge in [0, 0.05) is 27.7 Å². The molecule has 2 aliphatic rings. The molecule has 0 amide bonds. The minimum absolute atomic E-state index is 0.188. The Morgan fingerprint density at radius 1 is 0.610 bits per heavy atom. The standard InChI is InChI=1S/C54H47N5/c1-35-15-9-11-19-42(35)34-56-50(55-5)40-29-25-37(26-30-40)44-21-13-23-48-46(44)33-47-45(22-14-24-49(47)54(48,3)4)38-27-31-41(32-28-38)52-57-51(39-17-7-6-8-18-39)58-53(59-52)43-20-12-10-16-36(43)2/h6-9,11-15,17-32H,5,10,16,33-34H2,1-4H3/b56-50-. The van der Waals surface area contributed by atoms with Crippen LogP contribution in [-0.4, -0.2) is 27.5 Å². The van der Waals surface area contributed by atoms with Gasteiger partial charge < -0.3 is 0 Å². The molecule has 0 saturated carbocycles. The van der Waals surface area contributed by atoms with Crippen LogP contribution in [0, 0.1) is 6.92 Å². The lowest BCUT2D eigenvalue weighted by Crippen LogP contribution is -2.28. The monoisotopic (exact) mass is 765 g/mol. The van der Waals surface area contributed by atoms with E-state index in [1.54, 1.807) is 0 Å². The minimum Gasteiger partial charge on any atom is -0.261 e. The summed E-state index contributed by atoms with van der Waals surface area (Å²) in [6, 6.07) is 49.5. The van der Waals surface area contributed by atoms with Gasteiger partial charge in [0.25, 0.3) is 0 Å². The third-order valence-corrected chi connectivity index (χ3v) is 12.1. The van der Waals surface area contributed by atoms with Crippen molar-refractivity contribution in [2.45, 2.75) is 58.9 Å². The molecule has 1 aromatic heterocycles. The lowest BCUT2D eigenvalue weighted by Gasteiger charge is -2.37. The summed E-state index contributed by atoms with van der Waals surface area (Å²) in [6.45, 7) is 13.4. The molecule has 59 heavy (non-hydrogen) atoms. The maximum Gasteiger partial charge on any atom is 0.164 e. The topological polar surface area (TPSA) is 63.4 Å². The Morgan fingerprint density at radius 3 is 1.78 bits per heavy atom. The van der Waals surface area contributed by atoms with E-state index in [2.05, 4.69) is 173 Å². The van der Waals surface area contributed by atoms with Crippen molar-refractivity contribution >= 4 is 18.1 Å². The van der Waals surface area contributed by atoms with Crippen LogP contribution in [0.25, 0.3) is 50.6 Å². The van der Waals surface area contributed by atoms with Gasteiger partial charge in [0.05, 0.1) is 6.54 Å². The number of aliphatic imine (C=N–C) groups is 2. The quantitative estimate of drug-likeness (QED) is 0.114. The fourth-order valence-corrected chi connectivity index (χ4v) is 8.75. The Hall–Kier alpha value is -6.85.